The van der Waals surface area contributed by atoms with Crippen LogP contribution in [0, 0.1) is 5.41 Å². The highest BCUT2D eigenvalue weighted by molar-refractivity contribution is 6.13. The molecule has 1 aromatic heterocycles. The zero-order valence-corrected chi connectivity index (χ0v) is 13.2. The minimum atomic E-state index is -0.959. The normalized spacial score (nSPS) is 20.1. The van der Waals surface area contributed by atoms with Crippen molar-refractivity contribution in [1.82, 2.24) is 14.9 Å². The average Bonchev–Trinajstić information content (AvgIpc) is 3.22. The Labute approximate surface area is 138 Å². The molecule has 1 amide bonds. The maximum atomic E-state index is 12.7. The molecule has 1 unspecified atom stereocenters. The van der Waals surface area contributed by atoms with Gasteiger partial charge in [-0.2, -0.15) is 0 Å². The number of aliphatic carboxylic acids is 1. The smallest absolute Gasteiger partial charge is 0.311 e. The van der Waals surface area contributed by atoms with E-state index in [-0.39, 0.29) is 23.7 Å². The van der Waals surface area contributed by atoms with Gasteiger partial charge in [-0.15, -0.1) is 0 Å². The van der Waals surface area contributed by atoms with E-state index in [0.717, 1.165) is 0 Å². The van der Waals surface area contributed by atoms with Crippen LogP contribution in [0.3, 0.4) is 0 Å². The van der Waals surface area contributed by atoms with Gasteiger partial charge in [0.05, 0.1) is 11.7 Å². The fraction of sp³-hybridized carbons (Fsp3) is 0.294. The van der Waals surface area contributed by atoms with E-state index in [2.05, 4.69) is 9.97 Å². The highest BCUT2D eigenvalue weighted by Crippen LogP contribution is 2.31. The molecule has 1 aliphatic heterocycles. The molecule has 2 heterocycles. The van der Waals surface area contributed by atoms with Crippen LogP contribution in [0.2, 0.25) is 0 Å². The molecule has 2 N–H and O–H groups in total. The molecular formula is C17H17N3O4. The number of likely N-dealkylation sites (tertiary alicyclic amines) is 1. The number of carbonyl (C=O) groups is 3. The maximum absolute atomic E-state index is 12.7. The number of carbonyl (C=O) groups excluding carboxylic acids is 2. The maximum Gasteiger partial charge on any atom is 0.311 e. The van der Waals surface area contributed by atoms with Crippen LogP contribution in [0.15, 0.2) is 36.7 Å². The van der Waals surface area contributed by atoms with Crippen LogP contribution >= 0.6 is 0 Å². The van der Waals surface area contributed by atoms with Gasteiger partial charge in [0, 0.05) is 18.7 Å². The van der Waals surface area contributed by atoms with Crippen molar-refractivity contribution in [2.24, 2.45) is 5.41 Å². The lowest BCUT2D eigenvalue weighted by Crippen LogP contribution is -2.35. The van der Waals surface area contributed by atoms with Gasteiger partial charge in [-0.25, -0.2) is 4.98 Å². The van der Waals surface area contributed by atoms with Crippen LogP contribution < -0.4 is 0 Å². The number of nitrogens with one attached hydrogen (secondary N) is 1. The second kappa shape index (κ2) is 5.92. The second-order valence-corrected chi connectivity index (χ2v) is 6.16. The molecule has 7 heteroatoms. The Kier molecular flexibility index (Phi) is 3.92. The van der Waals surface area contributed by atoms with Gasteiger partial charge in [-0.1, -0.05) is 30.3 Å². The summed E-state index contributed by atoms with van der Waals surface area (Å²) in [5.41, 5.74) is -0.372. The first-order chi connectivity index (χ1) is 11.4. The topological polar surface area (TPSA) is 103 Å². The molecule has 24 heavy (non-hydrogen) atoms. The Bertz CT molecular complexity index is 799. The van der Waals surface area contributed by atoms with Gasteiger partial charge in [-0.3, -0.25) is 14.4 Å². The highest BCUT2D eigenvalue weighted by atomic mass is 16.4. The summed E-state index contributed by atoms with van der Waals surface area (Å²) in [6, 6.07) is 8.58. The lowest BCUT2D eigenvalue weighted by Gasteiger charge is -2.19. The van der Waals surface area contributed by atoms with Crippen molar-refractivity contribution in [3.05, 3.63) is 53.6 Å². The second-order valence-electron chi connectivity index (χ2n) is 6.16. The number of H-pyrrole nitrogens is 1. The van der Waals surface area contributed by atoms with E-state index >= 15 is 0 Å². The molecule has 1 fully saturated rings. The predicted octanol–water partition coefficient (Wildman–Crippen LogP) is 1.58. The van der Waals surface area contributed by atoms with Crippen LogP contribution in [0.5, 0.6) is 0 Å². The highest BCUT2D eigenvalue weighted by Gasteiger charge is 2.43. The molecule has 3 rings (SSSR count). The third-order valence-corrected chi connectivity index (χ3v) is 4.38. The zero-order valence-electron chi connectivity index (χ0n) is 13.2. The zero-order chi connectivity index (χ0) is 17.3. The molecule has 7 nitrogen and oxygen atoms in total. The summed E-state index contributed by atoms with van der Waals surface area (Å²) in [7, 11) is 0. The average molecular weight is 327 g/mol. The molecular weight excluding hydrogens is 310 g/mol. The molecule has 1 saturated heterocycles. The van der Waals surface area contributed by atoms with E-state index in [1.54, 1.807) is 37.3 Å². The lowest BCUT2D eigenvalue weighted by atomic mass is 9.90. The van der Waals surface area contributed by atoms with E-state index in [1.807, 2.05) is 0 Å². The number of ketones is 1. The summed E-state index contributed by atoms with van der Waals surface area (Å²) >= 11 is 0. The number of aromatic nitrogens is 2. The lowest BCUT2D eigenvalue weighted by molar-refractivity contribution is -0.147. The van der Waals surface area contributed by atoms with E-state index in [4.69, 9.17) is 0 Å². The molecule has 1 aliphatic rings. The number of rotatable bonds is 4. The summed E-state index contributed by atoms with van der Waals surface area (Å²) in [4.78, 5) is 44.7. The quantitative estimate of drug-likeness (QED) is 0.830. The number of imidazole rings is 1. The van der Waals surface area contributed by atoms with Crippen molar-refractivity contribution < 1.29 is 19.5 Å². The molecule has 1 atom stereocenters. The fourth-order valence-electron chi connectivity index (χ4n) is 2.82. The van der Waals surface area contributed by atoms with Gasteiger partial charge in [0.2, 0.25) is 5.78 Å². The molecule has 0 bridgehead atoms. The van der Waals surface area contributed by atoms with Gasteiger partial charge in [0.25, 0.3) is 5.91 Å². The Morgan fingerprint density at radius 3 is 2.58 bits per heavy atom. The number of aromatic amines is 1. The third-order valence-electron chi connectivity index (χ3n) is 4.38. The van der Waals surface area contributed by atoms with Gasteiger partial charge >= 0.3 is 5.97 Å². The van der Waals surface area contributed by atoms with E-state index in [0.29, 0.717) is 18.5 Å². The Morgan fingerprint density at radius 2 is 1.96 bits per heavy atom. The Balaban J connectivity index is 1.85. The Hall–Kier alpha value is -2.96. The number of benzene rings is 1. The van der Waals surface area contributed by atoms with E-state index in [9.17, 15) is 19.5 Å². The summed E-state index contributed by atoms with van der Waals surface area (Å²) in [6.07, 6.45) is 1.68. The van der Waals surface area contributed by atoms with Crippen molar-refractivity contribution in [1.29, 1.82) is 0 Å². The van der Waals surface area contributed by atoms with Gasteiger partial charge in [0.15, 0.2) is 0 Å². The van der Waals surface area contributed by atoms with E-state index < -0.39 is 17.3 Å². The molecule has 0 aliphatic carbocycles. The SMILES string of the molecule is CC1(C(=O)O)CCN(C(=O)c2[nH]cnc2C(=O)c2ccccc2)C1. The number of nitrogens with zero attached hydrogens (tertiary/aromatic N) is 2. The number of carboxylic acid groups (broad SMARTS) is 1. The number of hydrogen-bond donors (Lipinski definition) is 2. The molecule has 124 valence electrons. The van der Waals surface area contributed by atoms with E-state index in [1.165, 1.54) is 11.2 Å². The van der Waals surface area contributed by atoms with Gasteiger partial charge in [0.1, 0.15) is 11.4 Å². The first-order valence-corrected chi connectivity index (χ1v) is 7.58. The van der Waals surface area contributed by atoms with Gasteiger partial charge in [-0.05, 0) is 13.3 Å². The van der Waals surface area contributed by atoms with Crippen molar-refractivity contribution in [3.63, 3.8) is 0 Å². The van der Waals surface area contributed by atoms with Crippen LogP contribution in [0.4, 0.5) is 0 Å². The van der Waals surface area contributed by atoms with Crippen LogP contribution in [0.25, 0.3) is 0 Å². The van der Waals surface area contributed by atoms with Crippen molar-refractivity contribution in [3.8, 4) is 0 Å². The third kappa shape index (κ3) is 2.68. The largest absolute Gasteiger partial charge is 0.481 e. The summed E-state index contributed by atoms with van der Waals surface area (Å²) in [6.45, 7) is 2.06. The molecule has 1 aromatic carbocycles. The molecule has 0 saturated carbocycles. The van der Waals surface area contributed by atoms with Crippen LogP contribution in [-0.4, -0.2) is 50.7 Å². The number of carboxylic acids is 1. The van der Waals surface area contributed by atoms with Crippen molar-refractivity contribution in [2.75, 3.05) is 13.1 Å². The first kappa shape index (κ1) is 15.9. The minimum absolute atomic E-state index is 0.0510. The number of hydrogen-bond acceptors (Lipinski definition) is 4. The van der Waals surface area contributed by atoms with Gasteiger partial charge < -0.3 is 15.0 Å². The first-order valence-electron chi connectivity index (χ1n) is 7.58. The van der Waals surface area contributed by atoms with Crippen molar-refractivity contribution in [2.45, 2.75) is 13.3 Å². The molecule has 0 radical (unpaired) electrons. The number of amides is 1. The van der Waals surface area contributed by atoms with Crippen LogP contribution in [-0.2, 0) is 4.79 Å². The monoisotopic (exact) mass is 327 g/mol. The molecule has 2 aromatic rings. The summed E-state index contributed by atoms with van der Waals surface area (Å²) in [5.74, 6) is -1.68. The predicted molar refractivity (Wildman–Crippen MR) is 84.7 cm³/mol. The molecule has 0 spiro atoms. The minimum Gasteiger partial charge on any atom is -0.481 e. The summed E-state index contributed by atoms with van der Waals surface area (Å²) < 4.78 is 0. The standard InChI is InChI=1S/C17H17N3O4/c1-17(16(23)24)7-8-20(9-17)15(22)13-12(18-10-19-13)14(21)11-5-3-2-4-6-11/h2-6,10H,7-9H2,1H3,(H,18,19)(H,23,24). The summed E-state index contributed by atoms with van der Waals surface area (Å²) in [5, 5.41) is 9.28. The van der Waals surface area contributed by atoms with Crippen molar-refractivity contribution >= 4 is 17.7 Å². The van der Waals surface area contributed by atoms with Crippen LogP contribution in [0.1, 0.15) is 39.9 Å². The Morgan fingerprint density at radius 1 is 1.25 bits per heavy atom. The fourth-order valence-corrected chi connectivity index (χ4v) is 2.82.